The van der Waals surface area contributed by atoms with Crippen LogP contribution in [0.3, 0.4) is 0 Å². The molecular formula is C15H21NO2. The molecule has 3 nitrogen and oxygen atoms in total. The van der Waals surface area contributed by atoms with Crippen molar-refractivity contribution in [2.24, 2.45) is 5.92 Å². The number of hydrogen-bond acceptors (Lipinski definition) is 2. The Labute approximate surface area is 108 Å². The highest BCUT2D eigenvalue weighted by molar-refractivity contribution is 5.67. The fourth-order valence-corrected chi connectivity index (χ4v) is 2.68. The monoisotopic (exact) mass is 247 g/mol. The van der Waals surface area contributed by atoms with E-state index in [-0.39, 0.29) is 0 Å². The van der Waals surface area contributed by atoms with Gasteiger partial charge in [0.25, 0.3) is 0 Å². The number of hydrogen-bond donors (Lipinski definition) is 1. The molecule has 98 valence electrons. The molecule has 0 aliphatic carbocycles. The minimum Gasteiger partial charge on any atom is -0.481 e. The Balaban J connectivity index is 1.84. The summed E-state index contributed by atoms with van der Waals surface area (Å²) in [5, 5.41) is 8.85. The van der Waals surface area contributed by atoms with Crippen LogP contribution in [0.25, 0.3) is 0 Å². The molecule has 1 saturated heterocycles. The van der Waals surface area contributed by atoms with Crippen LogP contribution >= 0.6 is 0 Å². The number of benzene rings is 1. The number of carboxylic acids is 1. The van der Waals surface area contributed by atoms with Gasteiger partial charge in [-0.05, 0) is 43.8 Å². The third-order valence-electron chi connectivity index (χ3n) is 3.65. The lowest BCUT2D eigenvalue weighted by atomic mass is 9.97. The van der Waals surface area contributed by atoms with E-state index in [4.69, 9.17) is 5.11 Å². The highest BCUT2D eigenvalue weighted by Crippen LogP contribution is 2.21. The van der Waals surface area contributed by atoms with Crippen LogP contribution in [0.15, 0.2) is 30.3 Å². The molecule has 1 N–H and O–H groups in total. The number of rotatable bonds is 4. The number of carboxylic acid groups (broad SMARTS) is 1. The summed E-state index contributed by atoms with van der Waals surface area (Å²) in [4.78, 5) is 13.2. The first-order valence-electron chi connectivity index (χ1n) is 6.72. The Morgan fingerprint density at radius 1 is 1.22 bits per heavy atom. The predicted molar refractivity (Wildman–Crippen MR) is 71.3 cm³/mol. The Kier molecular flexibility index (Phi) is 4.76. The SMILES string of the molecule is O=C(O)CC1CCCN(Cc2ccccc2)CC1. The van der Waals surface area contributed by atoms with Crippen molar-refractivity contribution in [3.05, 3.63) is 35.9 Å². The zero-order chi connectivity index (χ0) is 12.8. The van der Waals surface area contributed by atoms with Crippen molar-refractivity contribution >= 4 is 5.97 Å². The van der Waals surface area contributed by atoms with Gasteiger partial charge in [0.05, 0.1) is 0 Å². The molecule has 1 aliphatic heterocycles. The number of likely N-dealkylation sites (tertiary alicyclic amines) is 1. The molecule has 1 aromatic rings. The van der Waals surface area contributed by atoms with E-state index in [1.54, 1.807) is 0 Å². The second-order valence-electron chi connectivity index (χ2n) is 5.16. The summed E-state index contributed by atoms with van der Waals surface area (Å²) in [6, 6.07) is 10.5. The molecule has 18 heavy (non-hydrogen) atoms. The maximum Gasteiger partial charge on any atom is 0.303 e. The van der Waals surface area contributed by atoms with Gasteiger partial charge < -0.3 is 5.11 Å². The van der Waals surface area contributed by atoms with Crippen molar-refractivity contribution in [3.8, 4) is 0 Å². The van der Waals surface area contributed by atoms with Crippen molar-refractivity contribution in [3.63, 3.8) is 0 Å². The second-order valence-corrected chi connectivity index (χ2v) is 5.16. The summed E-state index contributed by atoms with van der Waals surface area (Å²) in [5.41, 5.74) is 1.34. The van der Waals surface area contributed by atoms with E-state index in [9.17, 15) is 4.79 Å². The van der Waals surface area contributed by atoms with Gasteiger partial charge in [-0.25, -0.2) is 0 Å². The fraction of sp³-hybridized carbons (Fsp3) is 0.533. The molecule has 0 spiro atoms. The lowest BCUT2D eigenvalue weighted by Gasteiger charge is -2.20. The van der Waals surface area contributed by atoms with Crippen molar-refractivity contribution in [2.75, 3.05) is 13.1 Å². The Bertz CT molecular complexity index is 377. The predicted octanol–water partition coefficient (Wildman–Crippen LogP) is 2.76. The lowest BCUT2D eigenvalue weighted by molar-refractivity contribution is -0.138. The van der Waals surface area contributed by atoms with Crippen LogP contribution in [0.4, 0.5) is 0 Å². The molecule has 0 aromatic heterocycles. The van der Waals surface area contributed by atoms with E-state index in [0.717, 1.165) is 38.9 Å². The normalized spacial score (nSPS) is 21.4. The van der Waals surface area contributed by atoms with Crippen molar-refractivity contribution < 1.29 is 9.90 Å². The van der Waals surface area contributed by atoms with E-state index in [1.165, 1.54) is 5.56 Å². The summed E-state index contributed by atoms with van der Waals surface area (Å²) in [6.45, 7) is 3.10. The maximum absolute atomic E-state index is 10.7. The van der Waals surface area contributed by atoms with Gasteiger partial charge in [0.15, 0.2) is 0 Å². The van der Waals surface area contributed by atoms with Gasteiger partial charge in [0, 0.05) is 13.0 Å². The average Bonchev–Trinajstić information content (AvgIpc) is 2.56. The number of nitrogens with zero attached hydrogens (tertiary/aromatic N) is 1. The topological polar surface area (TPSA) is 40.5 Å². The largest absolute Gasteiger partial charge is 0.481 e. The minimum absolute atomic E-state index is 0.333. The fourth-order valence-electron chi connectivity index (χ4n) is 2.68. The molecule has 1 heterocycles. The summed E-state index contributed by atoms with van der Waals surface area (Å²) in [5.74, 6) is -0.292. The molecule has 1 aliphatic rings. The quantitative estimate of drug-likeness (QED) is 0.889. The lowest BCUT2D eigenvalue weighted by Crippen LogP contribution is -2.24. The smallest absolute Gasteiger partial charge is 0.303 e. The van der Waals surface area contributed by atoms with Gasteiger partial charge in [-0.15, -0.1) is 0 Å². The van der Waals surface area contributed by atoms with Crippen LogP contribution in [0.1, 0.15) is 31.2 Å². The molecule has 1 atom stereocenters. The van der Waals surface area contributed by atoms with Gasteiger partial charge in [0.2, 0.25) is 0 Å². The Hall–Kier alpha value is -1.35. The standard InChI is InChI=1S/C15H21NO2/c17-15(18)11-13-7-4-9-16(10-8-13)12-14-5-2-1-3-6-14/h1-3,5-6,13H,4,7-12H2,(H,17,18). The second kappa shape index (κ2) is 6.55. The molecule has 0 bridgehead atoms. The molecular weight excluding hydrogens is 226 g/mol. The van der Waals surface area contributed by atoms with Gasteiger partial charge in [-0.3, -0.25) is 9.69 Å². The average molecular weight is 247 g/mol. The van der Waals surface area contributed by atoms with Gasteiger partial charge in [-0.2, -0.15) is 0 Å². The molecule has 0 amide bonds. The third-order valence-corrected chi connectivity index (χ3v) is 3.65. The van der Waals surface area contributed by atoms with Gasteiger partial charge >= 0.3 is 5.97 Å². The summed E-state index contributed by atoms with van der Waals surface area (Å²) in [6.07, 6.45) is 3.51. The summed E-state index contributed by atoms with van der Waals surface area (Å²) < 4.78 is 0. The van der Waals surface area contributed by atoms with Crippen LogP contribution in [0.5, 0.6) is 0 Å². The first-order valence-corrected chi connectivity index (χ1v) is 6.72. The van der Waals surface area contributed by atoms with Crippen molar-refractivity contribution in [1.82, 2.24) is 4.90 Å². The Morgan fingerprint density at radius 2 is 2.00 bits per heavy atom. The van der Waals surface area contributed by atoms with Crippen LogP contribution in [0.2, 0.25) is 0 Å². The first kappa shape index (κ1) is 13.1. The molecule has 1 aromatic carbocycles. The third kappa shape index (κ3) is 4.15. The molecule has 0 saturated carbocycles. The van der Waals surface area contributed by atoms with E-state index in [0.29, 0.717) is 12.3 Å². The van der Waals surface area contributed by atoms with E-state index in [2.05, 4.69) is 29.2 Å². The zero-order valence-corrected chi connectivity index (χ0v) is 10.7. The Morgan fingerprint density at radius 3 is 2.72 bits per heavy atom. The van der Waals surface area contributed by atoms with Gasteiger partial charge in [-0.1, -0.05) is 30.3 Å². The molecule has 3 heteroatoms. The van der Waals surface area contributed by atoms with Crippen molar-refractivity contribution in [2.45, 2.75) is 32.2 Å². The number of aliphatic carboxylic acids is 1. The van der Waals surface area contributed by atoms with Crippen LogP contribution in [-0.2, 0) is 11.3 Å². The highest BCUT2D eigenvalue weighted by Gasteiger charge is 2.19. The van der Waals surface area contributed by atoms with Crippen molar-refractivity contribution in [1.29, 1.82) is 0 Å². The van der Waals surface area contributed by atoms with Crippen LogP contribution in [0, 0.1) is 5.92 Å². The van der Waals surface area contributed by atoms with E-state index in [1.807, 2.05) is 6.07 Å². The van der Waals surface area contributed by atoms with Gasteiger partial charge in [0.1, 0.15) is 0 Å². The first-order chi connectivity index (χ1) is 8.74. The van der Waals surface area contributed by atoms with E-state index >= 15 is 0 Å². The van der Waals surface area contributed by atoms with E-state index < -0.39 is 5.97 Å². The molecule has 2 rings (SSSR count). The zero-order valence-electron chi connectivity index (χ0n) is 10.7. The maximum atomic E-state index is 10.7. The summed E-state index contributed by atoms with van der Waals surface area (Å²) >= 11 is 0. The number of carbonyl (C=O) groups is 1. The molecule has 0 radical (unpaired) electrons. The molecule has 1 fully saturated rings. The minimum atomic E-state index is -0.656. The summed E-state index contributed by atoms with van der Waals surface area (Å²) in [7, 11) is 0. The highest BCUT2D eigenvalue weighted by atomic mass is 16.4. The van der Waals surface area contributed by atoms with Crippen LogP contribution < -0.4 is 0 Å². The van der Waals surface area contributed by atoms with Crippen LogP contribution in [-0.4, -0.2) is 29.1 Å². The molecule has 1 unspecified atom stereocenters.